The normalized spacial score (nSPS) is 10.1. The van der Waals surface area contributed by atoms with Gasteiger partial charge in [-0.15, -0.1) is 12.4 Å². The Balaban J connectivity index is 0.00000264. The molecule has 0 radical (unpaired) electrons. The fraction of sp³-hybridized carbons (Fsp3) is 0.188. The molecule has 0 spiro atoms. The molecule has 3 nitrogen and oxygen atoms in total. The molecule has 0 heterocycles. The van der Waals surface area contributed by atoms with Gasteiger partial charge in [0.1, 0.15) is 0 Å². The highest BCUT2D eigenvalue weighted by molar-refractivity contribution is 6.37. The summed E-state index contributed by atoms with van der Waals surface area (Å²) in [6.07, 6.45) is 0.680. The lowest BCUT2D eigenvalue weighted by Gasteiger charge is -2.23. The highest BCUT2D eigenvalue weighted by Gasteiger charge is 2.20. The third-order valence-electron chi connectivity index (χ3n) is 3.13. The van der Waals surface area contributed by atoms with Gasteiger partial charge < -0.3 is 10.6 Å². The van der Waals surface area contributed by atoms with E-state index >= 15 is 0 Å². The first-order valence-corrected chi connectivity index (χ1v) is 7.89. The van der Waals surface area contributed by atoms with Gasteiger partial charge in [-0.05, 0) is 55.4 Å². The van der Waals surface area contributed by atoms with Gasteiger partial charge in [-0.25, -0.2) is 0 Å². The van der Waals surface area contributed by atoms with Crippen molar-refractivity contribution in [3.8, 4) is 0 Å². The fourth-order valence-corrected chi connectivity index (χ4v) is 2.64. The van der Waals surface area contributed by atoms with E-state index in [2.05, 4.69) is 0 Å². The monoisotopic (exact) mass is 392 g/mol. The molecule has 0 aliphatic carbocycles. The molecule has 1 amide bonds. The average molecular weight is 394 g/mol. The van der Waals surface area contributed by atoms with Crippen molar-refractivity contribution in [2.24, 2.45) is 5.73 Å². The molecule has 0 bridgehead atoms. The van der Waals surface area contributed by atoms with Gasteiger partial charge in [0.05, 0.1) is 10.6 Å². The quantitative estimate of drug-likeness (QED) is 0.771. The molecule has 7 heteroatoms. The lowest BCUT2D eigenvalue weighted by Crippen LogP contribution is -2.33. The van der Waals surface area contributed by atoms with Gasteiger partial charge >= 0.3 is 0 Å². The number of halogens is 4. The van der Waals surface area contributed by atoms with Crippen LogP contribution in [0.1, 0.15) is 16.8 Å². The predicted octanol–water partition coefficient (Wildman–Crippen LogP) is 5.06. The van der Waals surface area contributed by atoms with E-state index in [0.29, 0.717) is 40.1 Å². The van der Waals surface area contributed by atoms with Gasteiger partial charge in [-0.1, -0.05) is 34.8 Å². The molecule has 124 valence electrons. The van der Waals surface area contributed by atoms with E-state index in [-0.39, 0.29) is 18.3 Å². The van der Waals surface area contributed by atoms with Gasteiger partial charge in [-0.3, -0.25) is 4.79 Å². The number of nitrogens with two attached hydrogens (primary N) is 1. The Morgan fingerprint density at radius 3 is 2.17 bits per heavy atom. The SMILES string of the molecule is Cl.NCCCN(C(=O)c1ccc(Cl)cc1Cl)c1ccc(Cl)cc1. The number of benzene rings is 2. The molecule has 0 atom stereocenters. The van der Waals surface area contributed by atoms with E-state index in [9.17, 15) is 4.79 Å². The van der Waals surface area contributed by atoms with Crippen LogP contribution in [0.15, 0.2) is 42.5 Å². The second-order valence-corrected chi connectivity index (χ2v) is 5.98. The highest BCUT2D eigenvalue weighted by atomic mass is 35.5. The molecule has 2 rings (SSSR count). The van der Waals surface area contributed by atoms with Crippen LogP contribution in [-0.2, 0) is 0 Å². The lowest BCUT2D eigenvalue weighted by atomic mass is 10.1. The van der Waals surface area contributed by atoms with Gasteiger partial charge in [-0.2, -0.15) is 0 Å². The minimum Gasteiger partial charge on any atom is -0.330 e. The second kappa shape index (κ2) is 9.36. The second-order valence-electron chi connectivity index (χ2n) is 4.70. The van der Waals surface area contributed by atoms with Crippen LogP contribution in [-0.4, -0.2) is 19.0 Å². The summed E-state index contributed by atoms with van der Waals surface area (Å²) >= 11 is 17.9. The van der Waals surface area contributed by atoms with Crippen LogP contribution in [0.25, 0.3) is 0 Å². The summed E-state index contributed by atoms with van der Waals surface area (Å²) in [5.74, 6) is -0.197. The number of amides is 1. The zero-order valence-electron chi connectivity index (χ0n) is 12.1. The topological polar surface area (TPSA) is 46.3 Å². The number of hydrogen-bond donors (Lipinski definition) is 1. The Hall–Kier alpha value is -0.970. The first-order chi connectivity index (χ1) is 10.5. The third-order valence-corrected chi connectivity index (χ3v) is 3.93. The molecule has 0 fully saturated rings. The van der Waals surface area contributed by atoms with E-state index in [0.717, 1.165) is 5.69 Å². The maximum absolute atomic E-state index is 12.8. The van der Waals surface area contributed by atoms with Crippen molar-refractivity contribution in [1.82, 2.24) is 0 Å². The van der Waals surface area contributed by atoms with E-state index in [1.807, 2.05) is 0 Å². The van der Waals surface area contributed by atoms with Crippen molar-refractivity contribution in [1.29, 1.82) is 0 Å². The molecule has 2 aromatic carbocycles. The van der Waals surface area contributed by atoms with Gasteiger partial charge in [0.15, 0.2) is 0 Å². The van der Waals surface area contributed by atoms with Crippen molar-refractivity contribution in [2.45, 2.75) is 6.42 Å². The van der Waals surface area contributed by atoms with Crippen LogP contribution < -0.4 is 10.6 Å². The molecule has 23 heavy (non-hydrogen) atoms. The van der Waals surface area contributed by atoms with Crippen LogP contribution in [0.2, 0.25) is 15.1 Å². The Bertz CT molecular complexity index is 662. The maximum Gasteiger partial charge on any atom is 0.259 e. The van der Waals surface area contributed by atoms with Crippen LogP contribution in [0.5, 0.6) is 0 Å². The summed E-state index contributed by atoms with van der Waals surface area (Å²) in [7, 11) is 0. The third kappa shape index (κ3) is 5.27. The number of nitrogens with zero attached hydrogens (tertiary/aromatic N) is 1. The first kappa shape index (κ1) is 20.1. The summed E-state index contributed by atoms with van der Waals surface area (Å²) in [6, 6.07) is 11.9. The number of carbonyl (C=O) groups excluding carboxylic acids is 1. The molecule has 0 unspecified atom stereocenters. The Morgan fingerprint density at radius 1 is 1.00 bits per heavy atom. The fourth-order valence-electron chi connectivity index (χ4n) is 2.03. The average Bonchev–Trinajstić information content (AvgIpc) is 2.49. The molecule has 0 aliphatic rings. The van der Waals surface area contributed by atoms with Crippen molar-refractivity contribution < 1.29 is 4.79 Å². The van der Waals surface area contributed by atoms with E-state index in [4.69, 9.17) is 40.5 Å². The molecule has 2 N–H and O–H groups in total. The number of hydrogen-bond acceptors (Lipinski definition) is 2. The van der Waals surface area contributed by atoms with Crippen molar-refractivity contribution >= 4 is 58.8 Å². The van der Waals surface area contributed by atoms with Gasteiger partial charge in [0.2, 0.25) is 0 Å². The summed E-state index contributed by atoms with van der Waals surface area (Å²) < 4.78 is 0. The van der Waals surface area contributed by atoms with E-state index in [1.54, 1.807) is 47.4 Å². The number of rotatable bonds is 5. The molecule has 0 saturated heterocycles. The van der Waals surface area contributed by atoms with Crippen molar-refractivity contribution in [3.63, 3.8) is 0 Å². The summed E-state index contributed by atoms with van der Waals surface area (Å²) in [6.45, 7) is 0.988. The minimum absolute atomic E-state index is 0. The molecule has 2 aromatic rings. The number of anilines is 1. The van der Waals surface area contributed by atoms with Crippen LogP contribution >= 0.6 is 47.2 Å². The summed E-state index contributed by atoms with van der Waals surface area (Å²) in [4.78, 5) is 14.4. The van der Waals surface area contributed by atoms with Crippen LogP contribution in [0.4, 0.5) is 5.69 Å². The minimum atomic E-state index is -0.197. The molecular formula is C16H16Cl4N2O. The molecular weight excluding hydrogens is 378 g/mol. The van der Waals surface area contributed by atoms with E-state index in [1.165, 1.54) is 0 Å². The Morgan fingerprint density at radius 2 is 1.61 bits per heavy atom. The first-order valence-electron chi connectivity index (χ1n) is 6.75. The highest BCUT2D eigenvalue weighted by Crippen LogP contribution is 2.25. The van der Waals surface area contributed by atoms with Gasteiger partial charge in [0, 0.05) is 22.3 Å². The van der Waals surface area contributed by atoms with Crippen LogP contribution in [0.3, 0.4) is 0 Å². The zero-order valence-corrected chi connectivity index (χ0v) is 15.2. The molecule has 0 aliphatic heterocycles. The zero-order chi connectivity index (χ0) is 16.1. The Kier molecular flexibility index (Phi) is 8.17. The van der Waals surface area contributed by atoms with Crippen LogP contribution in [0, 0.1) is 0 Å². The predicted molar refractivity (Wildman–Crippen MR) is 101 cm³/mol. The summed E-state index contributed by atoms with van der Waals surface area (Å²) in [5.41, 5.74) is 6.71. The van der Waals surface area contributed by atoms with Crippen molar-refractivity contribution in [2.75, 3.05) is 18.0 Å². The summed E-state index contributed by atoms with van der Waals surface area (Å²) in [5, 5.41) is 1.42. The largest absolute Gasteiger partial charge is 0.330 e. The number of carbonyl (C=O) groups is 1. The molecule has 0 saturated carbocycles. The lowest BCUT2D eigenvalue weighted by molar-refractivity contribution is 0.0987. The van der Waals surface area contributed by atoms with E-state index < -0.39 is 0 Å². The van der Waals surface area contributed by atoms with Crippen molar-refractivity contribution in [3.05, 3.63) is 63.1 Å². The maximum atomic E-state index is 12.8. The Labute approximate surface area is 156 Å². The standard InChI is InChI=1S/C16H15Cl3N2O.ClH/c17-11-2-5-13(6-3-11)21(9-1-8-20)16(22)14-7-4-12(18)10-15(14)19;/h2-7,10H,1,8-9,20H2;1H. The molecule has 0 aromatic heterocycles. The van der Waals surface area contributed by atoms with Gasteiger partial charge in [0.25, 0.3) is 5.91 Å². The smallest absolute Gasteiger partial charge is 0.259 e.